The third-order valence-corrected chi connectivity index (χ3v) is 4.29. The minimum atomic E-state index is -0.0146. The van der Waals surface area contributed by atoms with Crippen LogP contribution in [-0.2, 0) is 13.1 Å². The highest BCUT2D eigenvalue weighted by Gasteiger charge is 2.14. The van der Waals surface area contributed by atoms with Crippen LogP contribution < -0.4 is 4.74 Å². The van der Waals surface area contributed by atoms with Crippen LogP contribution in [0.4, 0.5) is 0 Å². The third-order valence-electron chi connectivity index (χ3n) is 4.29. The summed E-state index contributed by atoms with van der Waals surface area (Å²) < 4.78 is 7.26. The largest absolute Gasteiger partial charge is 0.496 e. The Morgan fingerprint density at radius 3 is 2.62 bits per heavy atom. The summed E-state index contributed by atoms with van der Waals surface area (Å²) in [5.41, 5.74) is 3.92. The summed E-state index contributed by atoms with van der Waals surface area (Å²) in [4.78, 5) is 14.4. The standard InChI is InChI=1S/C21H23N3O2/c1-16-5-10-20(26-3)19(13-16)15-23(2)21(25)18-8-6-17(7-9-18)14-24-12-4-11-22-24/h4-13H,14-15H2,1-3H3. The Hall–Kier alpha value is -3.08. The maximum absolute atomic E-state index is 12.7. The van der Waals surface area contributed by atoms with Crippen LogP contribution in [0.1, 0.15) is 27.0 Å². The van der Waals surface area contributed by atoms with Crippen LogP contribution in [-0.4, -0.2) is 34.7 Å². The molecule has 0 bridgehead atoms. The number of methoxy groups -OCH3 is 1. The van der Waals surface area contributed by atoms with Crippen molar-refractivity contribution in [3.63, 3.8) is 0 Å². The zero-order valence-corrected chi connectivity index (χ0v) is 15.3. The van der Waals surface area contributed by atoms with Crippen LogP contribution in [0.2, 0.25) is 0 Å². The topological polar surface area (TPSA) is 47.4 Å². The fourth-order valence-corrected chi connectivity index (χ4v) is 2.91. The fraction of sp³-hybridized carbons (Fsp3) is 0.238. The van der Waals surface area contributed by atoms with Crippen molar-refractivity contribution in [2.75, 3.05) is 14.2 Å². The first kappa shape index (κ1) is 17.7. The number of ether oxygens (including phenoxy) is 1. The smallest absolute Gasteiger partial charge is 0.253 e. The zero-order chi connectivity index (χ0) is 18.5. The second-order valence-electron chi connectivity index (χ2n) is 6.38. The summed E-state index contributed by atoms with van der Waals surface area (Å²) in [6.45, 7) is 3.22. The molecule has 0 unspecified atom stereocenters. The van der Waals surface area contributed by atoms with Gasteiger partial charge < -0.3 is 9.64 Å². The number of aryl methyl sites for hydroxylation is 1. The number of rotatable bonds is 6. The molecule has 0 aliphatic carbocycles. The number of nitrogens with zero attached hydrogens (tertiary/aromatic N) is 3. The SMILES string of the molecule is COc1ccc(C)cc1CN(C)C(=O)c1ccc(Cn2cccn2)cc1. The lowest BCUT2D eigenvalue weighted by Crippen LogP contribution is -2.26. The summed E-state index contributed by atoms with van der Waals surface area (Å²) >= 11 is 0. The van der Waals surface area contributed by atoms with Gasteiger partial charge in [-0.1, -0.05) is 29.8 Å². The van der Waals surface area contributed by atoms with E-state index < -0.39 is 0 Å². The summed E-state index contributed by atoms with van der Waals surface area (Å²) in [7, 11) is 3.45. The van der Waals surface area contributed by atoms with Gasteiger partial charge in [-0.3, -0.25) is 9.48 Å². The molecule has 0 aliphatic heterocycles. The predicted molar refractivity (Wildman–Crippen MR) is 101 cm³/mol. The van der Waals surface area contributed by atoms with Gasteiger partial charge in [0.25, 0.3) is 5.91 Å². The molecule has 1 heterocycles. The van der Waals surface area contributed by atoms with E-state index in [1.54, 1.807) is 18.2 Å². The van der Waals surface area contributed by atoms with E-state index in [-0.39, 0.29) is 5.91 Å². The molecule has 5 nitrogen and oxygen atoms in total. The number of hydrogen-bond acceptors (Lipinski definition) is 3. The van der Waals surface area contributed by atoms with Crippen LogP contribution in [0.25, 0.3) is 0 Å². The number of carbonyl (C=O) groups excluding carboxylic acids is 1. The number of aromatic nitrogens is 2. The lowest BCUT2D eigenvalue weighted by molar-refractivity contribution is 0.0784. The van der Waals surface area contributed by atoms with Crippen LogP contribution in [0.15, 0.2) is 60.9 Å². The Labute approximate surface area is 153 Å². The number of hydrogen-bond donors (Lipinski definition) is 0. The highest BCUT2D eigenvalue weighted by Crippen LogP contribution is 2.21. The molecule has 0 saturated carbocycles. The molecule has 2 aromatic carbocycles. The van der Waals surface area contributed by atoms with Gasteiger partial charge in [-0.15, -0.1) is 0 Å². The molecular weight excluding hydrogens is 326 g/mol. The molecule has 1 amide bonds. The van der Waals surface area contributed by atoms with Gasteiger partial charge in [-0.05, 0) is 36.8 Å². The first-order valence-corrected chi connectivity index (χ1v) is 8.52. The predicted octanol–water partition coefficient (Wildman–Crippen LogP) is 3.52. The Morgan fingerprint density at radius 2 is 1.96 bits per heavy atom. The van der Waals surface area contributed by atoms with Gasteiger partial charge in [-0.2, -0.15) is 5.10 Å². The van der Waals surface area contributed by atoms with E-state index in [4.69, 9.17) is 4.74 Å². The molecule has 5 heteroatoms. The van der Waals surface area contributed by atoms with E-state index in [1.807, 2.05) is 67.3 Å². The first-order chi connectivity index (χ1) is 12.6. The van der Waals surface area contributed by atoms with Gasteiger partial charge in [0.05, 0.1) is 13.7 Å². The minimum absolute atomic E-state index is 0.0146. The van der Waals surface area contributed by atoms with E-state index in [0.717, 1.165) is 22.4 Å². The third kappa shape index (κ3) is 4.11. The van der Waals surface area contributed by atoms with Gasteiger partial charge in [0, 0.05) is 37.1 Å². The molecule has 3 rings (SSSR count). The quantitative estimate of drug-likeness (QED) is 0.684. The minimum Gasteiger partial charge on any atom is -0.496 e. The average molecular weight is 349 g/mol. The van der Waals surface area contributed by atoms with Crippen molar-refractivity contribution in [2.24, 2.45) is 0 Å². The van der Waals surface area contributed by atoms with Crippen LogP contribution in [0.3, 0.4) is 0 Å². The normalized spacial score (nSPS) is 10.6. The summed E-state index contributed by atoms with van der Waals surface area (Å²) in [5, 5.41) is 4.20. The van der Waals surface area contributed by atoms with Crippen LogP contribution >= 0.6 is 0 Å². The van der Waals surface area contributed by atoms with Gasteiger partial charge in [-0.25, -0.2) is 0 Å². The number of carbonyl (C=O) groups is 1. The lowest BCUT2D eigenvalue weighted by atomic mass is 10.1. The number of benzene rings is 2. The van der Waals surface area contributed by atoms with Gasteiger partial charge in [0.15, 0.2) is 0 Å². The van der Waals surface area contributed by atoms with Crippen molar-refractivity contribution >= 4 is 5.91 Å². The highest BCUT2D eigenvalue weighted by atomic mass is 16.5. The van der Waals surface area contributed by atoms with Crippen molar-refractivity contribution in [3.8, 4) is 5.75 Å². The van der Waals surface area contributed by atoms with E-state index in [1.165, 1.54) is 0 Å². The monoisotopic (exact) mass is 349 g/mol. The average Bonchev–Trinajstić information content (AvgIpc) is 3.15. The van der Waals surface area contributed by atoms with E-state index in [2.05, 4.69) is 11.2 Å². The molecule has 1 aromatic heterocycles. The summed E-state index contributed by atoms with van der Waals surface area (Å²) in [6.07, 6.45) is 3.68. The van der Waals surface area contributed by atoms with Crippen LogP contribution in [0, 0.1) is 6.92 Å². The summed E-state index contributed by atoms with van der Waals surface area (Å²) in [6, 6.07) is 15.6. The van der Waals surface area contributed by atoms with Crippen molar-refractivity contribution in [2.45, 2.75) is 20.0 Å². The molecule has 3 aromatic rings. The molecule has 0 spiro atoms. The molecule has 0 fully saturated rings. The molecule has 0 N–H and O–H groups in total. The van der Waals surface area contributed by atoms with Gasteiger partial charge in [0.2, 0.25) is 0 Å². The Balaban J connectivity index is 1.69. The van der Waals surface area contributed by atoms with Gasteiger partial charge >= 0.3 is 0 Å². The molecule has 0 saturated heterocycles. The van der Waals surface area contributed by atoms with Crippen LogP contribution in [0.5, 0.6) is 5.75 Å². The van der Waals surface area contributed by atoms with Crippen molar-refractivity contribution in [1.29, 1.82) is 0 Å². The Kier molecular flexibility index (Phi) is 5.37. The second kappa shape index (κ2) is 7.87. The fourth-order valence-electron chi connectivity index (χ4n) is 2.91. The molecule has 26 heavy (non-hydrogen) atoms. The van der Waals surface area contributed by atoms with E-state index in [0.29, 0.717) is 18.7 Å². The zero-order valence-electron chi connectivity index (χ0n) is 15.3. The first-order valence-electron chi connectivity index (χ1n) is 8.52. The summed E-state index contributed by atoms with van der Waals surface area (Å²) in [5.74, 6) is 0.781. The lowest BCUT2D eigenvalue weighted by Gasteiger charge is -2.19. The maximum Gasteiger partial charge on any atom is 0.253 e. The maximum atomic E-state index is 12.7. The molecule has 0 aliphatic rings. The van der Waals surface area contributed by atoms with Crippen molar-refractivity contribution in [3.05, 3.63) is 83.2 Å². The van der Waals surface area contributed by atoms with E-state index in [9.17, 15) is 4.79 Å². The number of amides is 1. The second-order valence-corrected chi connectivity index (χ2v) is 6.38. The Morgan fingerprint density at radius 1 is 1.19 bits per heavy atom. The highest BCUT2D eigenvalue weighted by molar-refractivity contribution is 5.94. The molecule has 134 valence electrons. The molecule has 0 radical (unpaired) electrons. The molecule has 0 atom stereocenters. The van der Waals surface area contributed by atoms with Crippen molar-refractivity contribution < 1.29 is 9.53 Å². The van der Waals surface area contributed by atoms with E-state index >= 15 is 0 Å². The Bertz CT molecular complexity index is 871. The van der Waals surface area contributed by atoms with Gasteiger partial charge in [0.1, 0.15) is 5.75 Å². The molecular formula is C21H23N3O2. The van der Waals surface area contributed by atoms with Crippen molar-refractivity contribution in [1.82, 2.24) is 14.7 Å².